The van der Waals surface area contributed by atoms with E-state index in [0.29, 0.717) is 34.5 Å². The van der Waals surface area contributed by atoms with Crippen molar-refractivity contribution < 1.29 is 15.0 Å². The molecular formula is C15H17Cl2NO3. The maximum Gasteiger partial charge on any atom is 0.223 e. The predicted molar refractivity (Wildman–Crippen MR) is 80.8 cm³/mol. The van der Waals surface area contributed by atoms with E-state index in [1.807, 2.05) is 4.90 Å². The third-order valence-corrected chi connectivity index (χ3v) is 5.41. The summed E-state index contributed by atoms with van der Waals surface area (Å²) in [5.74, 6) is 0.351. The minimum absolute atomic E-state index is 0.0804. The van der Waals surface area contributed by atoms with E-state index < -0.39 is 0 Å². The van der Waals surface area contributed by atoms with Gasteiger partial charge in [0.25, 0.3) is 0 Å². The molecule has 1 aromatic carbocycles. The van der Waals surface area contributed by atoms with Gasteiger partial charge in [0.2, 0.25) is 5.91 Å². The fraction of sp³-hybridized carbons (Fsp3) is 0.533. The maximum absolute atomic E-state index is 12.2. The number of likely N-dealkylation sites (tertiary alicyclic amines) is 1. The van der Waals surface area contributed by atoms with Gasteiger partial charge in [-0.05, 0) is 30.9 Å². The van der Waals surface area contributed by atoms with Crippen molar-refractivity contribution in [2.24, 2.45) is 5.92 Å². The Balaban J connectivity index is 1.78. The average Bonchev–Trinajstić information content (AvgIpc) is 2.75. The summed E-state index contributed by atoms with van der Waals surface area (Å²) in [6.07, 6.45) is 2.04. The SMILES string of the molecule is O=C1C[C@@H](c2c(O)ccc(Cl)c2Cl)CN1[C@H]1C[C@@H](CO)C1. The molecule has 1 saturated heterocycles. The molecule has 1 aliphatic carbocycles. The number of hydrogen-bond acceptors (Lipinski definition) is 3. The zero-order valence-electron chi connectivity index (χ0n) is 11.4. The molecule has 1 atom stereocenters. The van der Waals surface area contributed by atoms with Crippen molar-refractivity contribution in [3.05, 3.63) is 27.7 Å². The molecule has 2 N–H and O–H groups in total. The molecule has 0 aromatic heterocycles. The van der Waals surface area contributed by atoms with Gasteiger partial charge in [0.05, 0.1) is 10.0 Å². The number of aliphatic hydroxyl groups excluding tert-OH is 1. The summed E-state index contributed by atoms with van der Waals surface area (Å²) in [6, 6.07) is 3.27. The lowest BCUT2D eigenvalue weighted by molar-refractivity contribution is -0.132. The lowest BCUT2D eigenvalue weighted by Gasteiger charge is -2.40. The van der Waals surface area contributed by atoms with Crippen LogP contribution in [0.3, 0.4) is 0 Å². The van der Waals surface area contributed by atoms with Crippen LogP contribution < -0.4 is 0 Å². The van der Waals surface area contributed by atoms with Crippen LogP contribution in [0.5, 0.6) is 5.75 Å². The monoisotopic (exact) mass is 329 g/mol. The normalized spacial score (nSPS) is 28.8. The molecule has 114 valence electrons. The predicted octanol–water partition coefficient (Wildman–Crippen LogP) is 2.79. The highest BCUT2D eigenvalue weighted by Gasteiger charge is 2.42. The van der Waals surface area contributed by atoms with Crippen molar-refractivity contribution in [2.45, 2.75) is 31.2 Å². The zero-order valence-corrected chi connectivity index (χ0v) is 12.9. The molecule has 0 unspecified atom stereocenters. The largest absolute Gasteiger partial charge is 0.508 e. The smallest absolute Gasteiger partial charge is 0.223 e. The molecule has 4 nitrogen and oxygen atoms in total. The quantitative estimate of drug-likeness (QED) is 0.896. The highest BCUT2D eigenvalue weighted by molar-refractivity contribution is 6.42. The Morgan fingerprint density at radius 1 is 1.29 bits per heavy atom. The van der Waals surface area contributed by atoms with Gasteiger partial charge in [-0.1, -0.05) is 23.2 Å². The second-order valence-corrected chi connectivity index (χ2v) is 6.70. The van der Waals surface area contributed by atoms with Crippen LogP contribution >= 0.6 is 23.2 Å². The molecule has 3 rings (SSSR count). The summed E-state index contributed by atoms with van der Waals surface area (Å²) < 4.78 is 0. The fourth-order valence-corrected chi connectivity index (χ4v) is 3.81. The van der Waals surface area contributed by atoms with Crippen molar-refractivity contribution in [3.63, 3.8) is 0 Å². The van der Waals surface area contributed by atoms with Crippen molar-refractivity contribution in [1.82, 2.24) is 4.90 Å². The van der Waals surface area contributed by atoms with E-state index in [9.17, 15) is 9.90 Å². The van der Waals surface area contributed by atoms with Gasteiger partial charge < -0.3 is 15.1 Å². The molecule has 1 aliphatic heterocycles. The summed E-state index contributed by atoms with van der Waals surface area (Å²) in [5.41, 5.74) is 0.568. The second-order valence-electron chi connectivity index (χ2n) is 5.92. The van der Waals surface area contributed by atoms with E-state index in [1.165, 1.54) is 6.07 Å². The number of aromatic hydroxyl groups is 1. The highest BCUT2D eigenvalue weighted by atomic mass is 35.5. The summed E-state index contributed by atoms with van der Waals surface area (Å²) in [7, 11) is 0. The molecule has 2 aliphatic rings. The van der Waals surface area contributed by atoms with Crippen LogP contribution in [-0.2, 0) is 4.79 Å². The number of hydrogen-bond donors (Lipinski definition) is 2. The molecule has 1 saturated carbocycles. The van der Waals surface area contributed by atoms with Gasteiger partial charge in [0.15, 0.2) is 0 Å². The minimum Gasteiger partial charge on any atom is -0.508 e. The van der Waals surface area contributed by atoms with E-state index in [2.05, 4.69) is 0 Å². The summed E-state index contributed by atoms with van der Waals surface area (Å²) in [4.78, 5) is 14.1. The van der Waals surface area contributed by atoms with Gasteiger partial charge >= 0.3 is 0 Å². The lowest BCUT2D eigenvalue weighted by Crippen LogP contribution is -2.46. The van der Waals surface area contributed by atoms with Crippen LogP contribution in [0.4, 0.5) is 0 Å². The highest BCUT2D eigenvalue weighted by Crippen LogP contribution is 2.44. The Hall–Kier alpha value is -0.970. The number of halogens is 2. The average molecular weight is 330 g/mol. The second kappa shape index (κ2) is 5.67. The first-order chi connectivity index (χ1) is 10.0. The van der Waals surface area contributed by atoms with E-state index >= 15 is 0 Å². The summed E-state index contributed by atoms with van der Waals surface area (Å²) in [5, 5.41) is 19.8. The molecule has 21 heavy (non-hydrogen) atoms. The fourth-order valence-electron chi connectivity index (χ4n) is 3.33. The third-order valence-electron chi connectivity index (χ3n) is 4.59. The van der Waals surface area contributed by atoms with Crippen LogP contribution in [0, 0.1) is 5.92 Å². The molecular weight excluding hydrogens is 313 g/mol. The number of nitrogens with zero attached hydrogens (tertiary/aromatic N) is 1. The number of aliphatic hydroxyl groups is 1. The molecule has 2 fully saturated rings. The van der Waals surface area contributed by atoms with Crippen LogP contribution in [-0.4, -0.2) is 40.2 Å². The zero-order chi connectivity index (χ0) is 15.1. The standard InChI is InChI=1S/C15H17Cl2NO3/c16-11-1-2-12(20)14(15(11)17)9-5-13(21)18(6-9)10-3-8(4-10)7-19/h1-2,8-10,19-20H,3-7H2/t8-,9-,10+/m1/s1. The van der Waals surface area contributed by atoms with Gasteiger partial charge in [-0.15, -0.1) is 0 Å². The van der Waals surface area contributed by atoms with Gasteiger partial charge in [-0.2, -0.15) is 0 Å². The van der Waals surface area contributed by atoms with Gasteiger partial charge in [-0.25, -0.2) is 0 Å². The van der Waals surface area contributed by atoms with Crippen LogP contribution in [0.25, 0.3) is 0 Å². The first-order valence-corrected chi connectivity index (χ1v) is 7.84. The molecule has 1 heterocycles. The first-order valence-electron chi connectivity index (χ1n) is 7.08. The number of carbonyl (C=O) groups excluding carboxylic acids is 1. The minimum atomic E-state index is -0.128. The first kappa shape index (κ1) is 14.9. The topological polar surface area (TPSA) is 60.8 Å². The molecule has 1 aromatic rings. The summed E-state index contributed by atoms with van der Waals surface area (Å²) >= 11 is 12.2. The Morgan fingerprint density at radius 3 is 2.67 bits per heavy atom. The van der Waals surface area contributed by atoms with E-state index in [0.717, 1.165) is 12.8 Å². The third kappa shape index (κ3) is 2.60. The number of carbonyl (C=O) groups is 1. The molecule has 0 spiro atoms. The number of phenols is 1. The molecule has 6 heteroatoms. The number of rotatable bonds is 3. The van der Waals surface area contributed by atoms with Gasteiger partial charge in [0, 0.05) is 37.1 Å². The maximum atomic E-state index is 12.2. The van der Waals surface area contributed by atoms with Crippen LogP contribution in [0.15, 0.2) is 12.1 Å². The lowest BCUT2D eigenvalue weighted by atomic mass is 9.80. The number of phenolic OH excluding ortho intramolecular Hbond substituents is 1. The van der Waals surface area contributed by atoms with Gasteiger partial charge in [0.1, 0.15) is 5.75 Å². The molecule has 0 bridgehead atoms. The van der Waals surface area contributed by atoms with Crippen molar-refractivity contribution >= 4 is 29.1 Å². The van der Waals surface area contributed by atoms with E-state index in [-0.39, 0.29) is 30.2 Å². The van der Waals surface area contributed by atoms with E-state index in [1.54, 1.807) is 6.07 Å². The van der Waals surface area contributed by atoms with Crippen LogP contribution in [0.1, 0.15) is 30.7 Å². The number of benzene rings is 1. The van der Waals surface area contributed by atoms with Crippen LogP contribution in [0.2, 0.25) is 10.0 Å². The summed E-state index contributed by atoms with van der Waals surface area (Å²) in [6.45, 7) is 0.734. The Labute approximate surface area is 133 Å². The molecule has 0 radical (unpaired) electrons. The van der Waals surface area contributed by atoms with Gasteiger partial charge in [-0.3, -0.25) is 4.79 Å². The van der Waals surface area contributed by atoms with Crippen molar-refractivity contribution in [2.75, 3.05) is 13.2 Å². The Bertz CT molecular complexity index is 572. The Kier molecular flexibility index (Phi) is 4.04. The van der Waals surface area contributed by atoms with Crippen molar-refractivity contribution in [3.8, 4) is 5.75 Å². The number of amides is 1. The van der Waals surface area contributed by atoms with E-state index in [4.69, 9.17) is 28.3 Å². The Morgan fingerprint density at radius 2 is 2.00 bits per heavy atom. The molecule has 1 amide bonds. The van der Waals surface area contributed by atoms with Crippen molar-refractivity contribution in [1.29, 1.82) is 0 Å².